The minimum atomic E-state index is -0.497. The lowest BCUT2D eigenvalue weighted by atomic mass is 9.97. The van der Waals surface area contributed by atoms with Gasteiger partial charge in [0.15, 0.2) is 6.10 Å². The molecular formula is C15H20O3. The van der Waals surface area contributed by atoms with Gasteiger partial charge in [-0.1, -0.05) is 50.1 Å². The maximum Gasteiger partial charge on any atom is 0.338 e. The van der Waals surface area contributed by atoms with E-state index in [2.05, 4.69) is 6.92 Å². The SMILES string of the molecule is CCCCCOC(=O)C1OC1(C)c1ccccc1. The van der Waals surface area contributed by atoms with Gasteiger partial charge in [0.2, 0.25) is 0 Å². The molecule has 98 valence electrons. The van der Waals surface area contributed by atoms with Gasteiger partial charge in [-0.3, -0.25) is 0 Å². The van der Waals surface area contributed by atoms with Gasteiger partial charge in [-0.2, -0.15) is 0 Å². The molecule has 0 spiro atoms. The Balaban J connectivity index is 1.84. The third-order valence-corrected chi connectivity index (χ3v) is 3.36. The normalized spacial score (nSPS) is 25.8. The van der Waals surface area contributed by atoms with Gasteiger partial charge in [-0.25, -0.2) is 4.79 Å². The molecule has 1 aromatic rings. The summed E-state index contributed by atoms with van der Waals surface area (Å²) in [6.45, 7) is 4.55. The molecule has 3 heteroatoms. The van der Waals surface area contributed by atoms with Crippen molar-refractivity contribution in [2.24, 2.45) is 0 Å². The minimum Gasteiger partial charge on any atom is -0.464 e. The van der Waals surface area contributed by atoms with Crippen molar-refractivity contribution in [1.82, 2.24) is 0 Å². The quantitative estimate of drug-likeness (QED) is 0.441. The molecule has 1 aromatic carbocycles. The molecule has 3 nitrogen and oxygen atoms in total. The van der Waals surface area contributed by atoms with Crippen LogP contribution in [0.1, 0.15) is 38.7 Å². The van der Waals surface area contributed by atoms with Crippen LogP contribution in [-0.4, -0.2) is 18.7 Å². The van der Waals surface area contributed by atoms with Crippen LogP contribution in [0.25, 0.3) is 0 Å². The van der Waals surface area contributed by atoms with Crippen molar-refractivity contribution in [3.63, 3.8) is 0 Å². The molecule has 18 heavy (non-hydrogen) atoms. The second kappa shape index (κ2) is 5.53. The summed E-state index contributed by atoms with van der Waals surface area (Å²) in [6.07, 6.45) is 2.70. The van der Waals surface area contributed by atoms with E-state index in [0.717, 1.165) is 24.8 Å². The number of carbonyl (C=O) groups is 1. The average molecular weight is 248 g/mol. The van der Waals surface area contributed by atoms with Gasteiger partial charge in [0.05, 0.1) is 6.61 Å². The molecule has 1 saturated heterocycles. The van der Waals surface area contributed by atoms with Crippen LogP contribution in [0.4, 0.5) is 0 Å². The standard InChI is InChI=1S/C15H20O3/c1-3-4-8-11-17-14(16)13-15(2,18-13)12-9-6-5-7-10-12/h5-7,9-10,13H,3-4,8,11H2,1-2H3. The van der Waals surface area contributed by atoms with E-state index in [-0.39, 0.29) is 5.97 Å². The molecule has 0 aromatic heterocycles. The summed E-state index contributed by atoms with van der Waals surface area (Å²) in [6, 6.07) is 9.81. The molecular weight excluding hydrogens is 228 g/mol. The van der Waals surface area contributed by atoms with Crippen molar-refractivity contribution in [3.05, 3.63) is 35.9 Å². The van der Waals surface area contributed by atoms with Crippen molar-refractivity contribution >= 4 is 5.97 Å². The largest absolute Gasteiger partial charge is 0.464 e. The number of rotatable bonds is 6. The van der Waals surface area contributed by atoms with Crippen LogP contribution < -0.4 is 0 Å². The van der Waals surface area contributed by atoms with Crippen LogP contribution in [0.3, 0.4) is 0 Å². The Hall–Kier alpha value is -1.35. The van der Waals surface area contributed by atoms with Gasteiger partial charge in [0, 0.05) is 0 Å². The van der Waals surface area contributed by atoms with Crippen LogP contribution in [0.5, 0.6) is 0 Å². The van der Waals surface area contributed by atoms with Crippen LogP contribution in [0.15, 0.2) is 30.3 Å². The highest BCUT2D eigenvalue weighted by molar-refractivity contribution is 5.79. The fraction of sp³-hybridized carbons (Fsp3) is 0.533. The van der Waals surface area contributed by atoms with E-state index in [4.69, 9.17) is 9.47 Å². The number of esters is 1. The van der Waals surface area contributed by atoms with Gasteiger partial charge in [0.1, 0.15) is 5.60 Å². The van der Waals surface area contributed by atoms with Crippen LogP contribution >= 0.6 is 0 Å². The molecule has 1 aliphatic heterocycles. The fourth-order valence-electron chi connectivity index (χ4n) is 2.07. The molecule has 1 heterocycles. The Kier molecular flexibility index (Phi) is 4.02. The Morgan fingerprint density at radius 1 is 1.33 bits per heavy atom. The second-order valence-corrected chi connectivity index (χ2v) is 4.85. The number of epoxide rings is 1. The second-order valence-electron chi connectivity index (χ2n) is 4.85. The summed E-state index contributed by atoms with van der Waals surface area (Å²) in [7, 11) is 0. The molecule has 0 aliphatic carbocycles. The smallest absolute Gasteiger partial charge is 0.338 e. The topological polar surface area (TPSA) is 38.8 Å². The predicted molar refractivity (Wildman–Crippen MR) is 69.2 cm³/mol. The summed E-state index contributed by atoms with van der Waals surface area (Å²) >= 11 is 0. The first kappa shape index (κ1) is 13.1. The first-order chi connectivity index (χ1) is 8.68. The van der Waals surface area contributed by atoms with E-state index in [9.17, 15) is 4.79 Å². The monoisotopic (exact) mass is 248 g/mol. The number of benzene rings is 1. The van der Waals surface area contributed by atoms with Crippen molar-refractivity contribution in [2.45, 2.75) is 44.8 Å². The summed E-state index contributed by atoms with van der Waals surface area (Å²) < 4.78 is 10.8. The van der Waals surface area contributed by atoms with E-state index in [0.29, 0.717) is 6.61 Å². The van der Waals surface area contributed by atoms with Crippen molar-refractivity contribution in [3.8, 4) is 0 Å². The molecule has 2 atom stereocenters. The number of ether oxygens (including phenoxy) is 2. The zero-order chi connectivity index (χ0) is 13.0. The summed E-state index contributed by atoms with van der Waals surface area (Å²) in [5.74, 6) is -0.238. The Labute approximate surface area is 108 Å². The third-order valence-electron chi connectivity index (χ3n) is 3.36. The molecule has 1 fully saturated rings. The number of unbranched alkanes of at least 4 members (excludes halogenated alkanes) is 2. The molecule has 0 bridgehead atoms. The molecule has 2 unspecified atom stereocenters. The van der Waals surface area contributed by atoms with Crippen LogP contribution in [0.2, 0.25) is 0 Å². The minimum absolute atomic E-state index is 0.238. The predicted octanol–water partition coefficient (Wildman–Crippen LogP) is 3.03. The number of carbonyl (C=O) groups excluding carboxylic acids is 1. The van der Waals surface area contributed by atoms with Gasteiger partial charge < -0.3 is 9.47 Å². The lowest BCUT2D eigenvalue weighted by Crippen LogP contribution is -2.19. The summed E-state index contributed by atoms with van der Waals surface area (Å²) in [5, 5.41) is 0. The number of hydrogen-bond acceptors (Lipinski definition) is 3. The Morgan fingerprint density at radius 3 is 2.72 bits per heavy atom. The molecule has 0 amide bonds. The average Bonchev–Trinajstić information content (AvgIpc) is 3.10. The van der Waals surface area contributed by atoms with Crippen molar-refractivity contribution < 1.29 is 14.3 Å². The first-order valence-corrected chi connectivity index (χ1v) is 6.58. The van der Waals surface area contributed by atoms with Gasteiger partial charge in [-0.15, -0.1) is 0 Å². The maximum absolute atomic E-state index is 11.8. The molecule has 0 N–H and O–H groups in total. The van der Waals surface area contributed by atoms with E-state index >= 15 is 0 Å². The molecule has 0 radical (unpaired) electrons. The highest BCUT2D eigenvalue weighted by Gasteiger charge is 2.59. The number of hydrogen-bond donors (Lipinski definition) is 0. The van der Waals surface area contributed by atoms with E-state index in [1.165, 1.54) is 0 Å². The van der Waals surface area contributed by atoms with Gasteiger partial charge in [0.25, 0.3) is 0 Å². The maximum atomic E-state index is 11.8. The molecule has 2 rings (SSSR count). The first-order valence-electron chi connectivity index (χ1n) is 6.58. The lowest BCUT2D eigenvalue weighted by Gasteiger charge is -2.06. The van der Waals surface area contributed by atoms with E-state index in [1.807, 2.05) is 37.3 Å². The highest BCUT2D eigenvalue weighted by atomic mass is 16.7. The lowest BCUT2D eigenvalue weighted by molar-refractivity contribution is -0.145. The highest BCUT2D eigenvalue weighted by Crippen LogP contribution is 2.46. The van der Waals surface area contributed by atoms with Gasteiger partial charge in [-0.05, 0) is 18.9 Å². The van der Waals surface area contributed by atoms with Crippen LogP contribution in [-0.2, 0) is 19.9 Å². The Morgan fingerprint density at radius 2 is 2.06 bits per heavy atom. The van der Waals surface area contributed by atoms with Crippen molar-refractivity contribution in [1.29, 1.82) is 0 Å². The van der Waals surface area contributed by atoms with Gasteiger partial charge >= 0.3 is 5.97 Å². The van der Waals surface area contributed by atoms with Crippen LogP contribution in [0, 0.1) is 0 Å². The Bertz CT molecular complexity index is 401. The molecule has 0 saturated carbocycles. The summed E-state index contributed by atoms with van der Waals surface area (Å²) in [5.41, 5.74) is 0.531. The van der Waals surface area contributed by atoms with E-state index < -0.39 is 11.7 Å². The fourth-order valence-corrected chi connectivity index (χ4v) is 2.07. The zero-order valence-electron chi connectivity index (χ0n) is 11.0. The molecule has 1 aliphatic rings. The third kappa shape index (κ3) is 2.72. The summed E-state index contributed by atoms with van der Waals surface area (Å²) in [4.78, 5) is 11.8. The zero-order valence-corrected chi connectivity index (χ0v) is 11.0. The van der Waals surface area contributed by atoms with E-state index in [1.54, 1.807) is 0 Å². The van der Waals surface area contributed by atoms with Crippen molar-refractivity contribution in [2.75, 3.05) is 6.61 Å².